The molecule has 2 unspecified atom stereocenters. The Morgan fingerprint density at radius 1 is 1.25 bits per heavy atom. The summed E-state index contributed by atoms with van der Waals surface area (Å²) >= 11 is 0. The highest BCUT2D eigenvalue weighted by molar-refractivity contribution is 4.85. The summed E-state index contributed by atoms with van der Waals surface area (Å²) in [7, 11) is 0. The van der Waals surface area contributed by atoms with Crippen molar-refractivity contribution in [2.75, 3.05) is 32.7 Å². The van der Waals surface area contributed by atoms with Crippen molar-refractivity contribution in [2.45, 2.75) is 19.8 Å². The molecule has 72 valence electrons. The molecule has 12 heavy (non-hydrogen) atoms. The van der Waals surface area contributed by atoms with Crippen molar-refractivity contribution in [3.8, 4) is 0 Å². The molecule has 2 aliphatic rings. The van der Waals surface area contributed by atoms with Crippen molar-refractivity contribution in [1.82, 2.24) is 10.2 Å². The lowest BCUT2D eigenvalue weighted by molar-refractivity contribution is 0.332. The SMILES string of the molecule is CCN1CC2CCNCCC2C1.[HH]. The summed E-state index contributed by atoms with van der Waals surface area (Å²) in [6, 6.07) is 0. The molecule has 0 bridgehead atoms. The number of hydrogen-bond acceptors (Lipinski definition) is 2. The maximum absolute atomic E-state index is 3.49. The molecule has 0 amide bonds. The number of nitrogens with one attached hydrogen (secondary N) is 1. The highest BCUT2D eigenvalue weighted by Gasteiger charge is 2.31. The maximum Gasteiger partial charge on any atom is 0.00133 e. The van der Waals surface area contributed by atoms with Crippen molar-refractivity contribution in [2.24, 2.45) is 11.8 Å². The van der Waals surface area contributed by atoms with E-state index in [9.17, 15) is 0 Å². The second-order valence-corrected chi connectivity index (χ2v) is 4.20. The number of nitrogens with zero attached hydrogens (tertiary/aromatic N) is 1. The summed E-state index contributed by atoms with van der Waals surface area (Å²) in [4.78, 5) is 2.61. The lowest BCUT2D eigenvalue weighted by Crippen LogP contribution is -2.22. The first-order valence-electron chi connectivity index (χ1n) is 5.33. The molecule has 0 aromatic heterocycles. The number of rotatable bonds is 1. The first-order valence-corrected chi connectivity index (χ1v) is 5.33. The van der Waals surface area contributed by atoms with Crippen LogP contribution in [0.25, 0.3) is 0 Å². The van der Waals surface area contributed by atoms with Gasteiger partial charge in [0.2, 0.25) is 0 Å². The number of hydrogen-bond donors (Lipinski definition) is 1. The fourth-order valence-electron chi connectivity index (χ4n) is 2.65. The van der Waals surface area contributed by atoms with Gasteiger partial charge in [-0.15, -0.1) is 0 Å². The molecule has 0 aromatic carbocycles. The van der Waals surface area contributed by atoms with Crippen molar-refractivity contribution >= 4 is 0 Å². The zero-order chi connectivity index (χ0) is 8.39. The molecule has 0 saturated carbocycles. The van der Waals surface area contributed by atoms with E-state index in [1.54, 1.807) is 0 Å². The van der Waals surface area contributed by atoms with Gasteiger partial charge in [-0.2, -0.15) is 0 Å². The van der Waals surface area contributed by atoms with Gasteiger partial charge in [0.1, 0.15) is 0 Å². The van der Waals surface area contributed by atoms with Crippen LogP contribution < -0.4 is 5.32 Å². The average Bonchev–Trinajstić information content (AvgIpc) is 2.37. The van der Waals surface area contributed by atoms with E-state index < -0.39 is 0 Å². The van der Waals surface area contributed by atoms with E-state index in [2.05, 4.69) is 17.1 Å². The van der Waals surface area contributed by atoms with E-state index in [0.29, 0.717) is 0 Å². The predicted molar refractivity (Wildman–Crippen MR) is 53.3 cm³/mol. The summed E-state index contributed by atoms with van der Waals surface area (Å²) in [5, 5.41) is 3.49. The van der Waals surface area contributed by atoms with E-state index in [0.717, 1.165) is 11.8 Å². The lowest BCUT2D eigenvalue weighted by Gasteiger charge is -2.12. The van der Waals surface area contributed by atoms with Crippen LogP contribution in [-0.4, -0.2) is 37.6 Å². The van der Waals surface area contributed by atoms with Crippen molar-refractivity contribution in [3.63, 3.8) is 0 Å². The van der Waals surface area contributed by atoms with Gasteiger partial charge < -0.3 is 10.2 Å². The van der Waals surface area contributed by atoms with Gasteiger partial charge in [0.15, 0.2) is 0 Å². The van der Waals surface area contributed by atoms with Gasteiger partial charge >= 0.3 is 0 Å². The van der Waals surface area contributed by atoms with Crippen LogP contribution in [0, 0.1) is 11.8 Å². The van der Waals surface area contributed by atoms with E-state index in [4.69, 9.17) is 0 Å². The maximum atomic E-state index is 3.49. The molecular weight excluding hydrogens is 148 g/mol. The smallest absolute Gasteiger partial charge is 0.00133 e. The first kappa shape index (κ1) is 8.52. The topological polar surface area (TPSA) is 15.3 Å². The molecule has 2 nitrogen and oxygen atoms in total. The van der Waals surface area contributed by atoms with E-state index in [1.807, 2.05) is 0 Å². The molecule has 2 fully saturated rings. The lowest BCUT2D eigenvalue weighted by atomic mass is 9.92. The number of likely N-dealkylation sites (tertiary alicyclic amines) is 1. The standard InChI is InChI=1S/C10H20N2.H2/c1-2-12-7-9-3-5-11-6-4-10(9)8-12;/h9-11H,2-8H2,1H3;1H. The van der Waals surface area contributed by atoms with Crippen LogP contribution in [0.1, 0.15) is 21.2 Å². The van der Waals surface area contributed by atoms with Crippen LogP contribution in [0.2, 0.25) is 0 Å². The molecule has 2 aliphatic heterocycles. The van der Waals surface area contributed by atoms with Crippen LogP contribution in [0.5, 0.6) is 0 Å². The summed E-state index contributed by atoms with van der Waals surface area (Å²) < 4.78 is 0. The summed E-state index contributed by atoms with van der Waals surface area (Å²) in [5.74, 6) is 2.00. The zero-order valence-corrected chi connectivity index (χ0v) is 8.05. The third kappa shape index (κ3) is 1.64. The van der Waals surface area contributed by atoms with Crippen LogP contribution >= 0.6 is 0 Å². The number of fused-ring (bicyclic) bond motifs is 1. The highest BCUT2D eigenvalue weighted by Crippen LogP contribution is 2.29. The van der Waals surface area contributed by atoms with Gasteiger partial charge in [-0.25, -0.2) is 0 Å². The fourth-order valence-corrected chi connectivity index (χ4v) is 2.65. The minimum Gasteiger partial charge on any atom is -0.317 e. The third-order valence-electron chi connectivity index (χ3n) is 3.48. The molecular formula is C10H22N2. The Kier molecular flexibility index (Phi) is 2.66. The molecule has 2 rings (SSSR count). The molecule has 2 atom stereocenters. The largest absolute Gasteiger partial charge is 0.317 e. The molecule has 0 spiro atoms. The van der Waals surface area contributed by atoms with Crippen LogP contribution in [0.4, 0.5) is 0 Å². The van der Waals surface area contributed by atoms with E-state index in [-0.39, 0.29) is 1.43 Å². The average molecular weight is 170 g/mol. The summed E-state index contributed by atoms with van der Waals surface area (Å²) in [5.41, 5.74) is 0. The summed E-state index contributed by atoms with van der Waals surface area (Å²) in [6.45, 7) is 8.76. The molecule has 0 aromatic rings. The van der Waals surface area contributed by atoms with E-state index in [1.165, 1.54) is 45.6 Å². The van der Waals surface area contributed by atoms with Gasteiger partial charge in [0.25, 0.3) is 0 Å². The quantitative estimate of drug-likeness (QED) is 0.636. The Morgan fingerprint density at radius 3 is 2.33 bits per heavy atom. The normalized spacial score (nSPS) is 37.8. The summed E-state index contributed by atoms with van der Waals surface area (Å²) in [6.07, 6.45) is 2.81. The molecule has 1 N–H and O–H groups in total. The zero-order valence-electron chi connectivity index (χ0n) is 8.05. The van der Waals surface area contributed by atoms with Gasteiger partial charge in [-0.1, -0.05) is 6.92 Å². The van der Waals surface area contributed by atoms with Gasteiger partial charge in [-0.3, -0.25) is 0 Å². The molecule has 2 saturated heterocycles. The molecule has 2 heteroatoms. The third-order valence-corrected chi connectivity index (χ3v) is 3.48. The van der Waals surface area contributed by atoms with Gasteiger partial charge in [-0.05, 0) is 44.3 Å². The Morgan fingerprint density at radius 2 is 1.83 bits per heavy atom. The van der Waals surface area contributed by atoms with E-state index >= 15 is 0 Å². The first-order chi connectivity index (χ1) is 5.90. The van der Waals surface area contributed by atoms with Crippen molar-refractivity contribution < 1.29 is 1.43 Å². The Hall–Kier alpha value is -0.0800. The Balaban J connectivity index is 0.000000845. The predicted octanol–water partition coefficient (Wildman–Crippen LogP) is 1.18. The van der Waals surface area contributed by atoms with Gasteiger partial charge in [0, 0.05) is 14.5 Å². The van der Waals surface area contributed by atoms with Gasteiger partial charge in [0.05, 0.1) is 0 Å². The van der Waals surface area contributed by atoms with Crippen LogP contribution in [0.3, 0.4) is 0 Å². The second kappa shape index (κ2) is 3.75. The van der Waals surface area contributed by atoms with Crippen molar-refractivity contribution in [1.29, 1.82) is 0 Å². The van der Waals surface area contributed by atoms with Crippen molar-refractivity contribution in [3.05, 3.63) is 0 Å². The van der Waals surface area contributed by atoms with Crippen LogP contribution in [-0.2, 0) is 0 Å². The molecule has 0 aliphatic carbocycles. The minimum atomic E-state index is 0. The highest BCUT2D eigenvalue weighted by atomic mass is 15.1. The fraction of sp³-hybridized carbons (Fsp3) is 1.00. The molecule has 2 heterocycles. The second-order valence-electron chi connectivity index (χ2n) is 4.20. The monoisotopic (exact) mass is 170 g/mol. The molecule has 0 radical (unpaired) electrons. The van der Waals surface area contributed by atoms with Crippen LogP contribution in [0.15, 0.2) is 0 Å². The Bertz CT molecular complexity index is 138. The Labute approximate surface area is 76.8 Å². The minimum absolute atomic E-state index is 0.